The van der Waals surface area contributed by atoms with Crippen LogP contribution in [-0.2, 0) is 6.42 Å². The maximum absolute atomic E-state index is 5.68. The first-order chi connectivity index (χ1) is 9.63. The van der Waals surface area contributed by atoms with Gasteiger partial charge in [0.05, 0.1) is 13.2 Å². The molecule has 20 heavy (non-hydrogen) atoms. The molecular formula is C17H23NOS. The second kappa shape index (κ2) is 6.42. The molecule has 1 aromatic heterocycles. The Morgan fingerprint density at radius 1 is 1.25 bits per heavy atom. The van der Waals surface area contributed by atoms with Crippen LogP contribution >= 0.6 is 11.3 Å². The van der Waals surface area contributed by atoms with E-state index in [1.165, 1.54) is 27.1 Å². The second-order valence-corrected chi connectivity index (χ2v) is 5.96. The molecule has 1 aromatic carbocycles. The molecule has 0 fully saturated rings. The van der Waals surface area contributed by atoms with Crippen LogP contribution in [0.5, 0.6) is 5.75 Å². The van der Waals surface area contributed by atoms with Crippen molar-refractivity contribution in [3.63, 3.8) is 0 Å². The van der Waals surface area contributed by atoms with Gasteiger partial charge in [0.15, 0.2) is 0 Å². The van der Waals surface area contributed by atoms with Gasteiger partial charge in [0.1, 0.15) is 5.75 Å². The lowest BCUT2D eigenvalue weighted by Crippen LogP contribution is -2.19. The van der Waals surface area contributed by atoms with E-state index in [0.29, 0.717) is 0 Å². The van der Waals surface area contributed by atoms with Crippen molar-refractivity contribution in [1.82, 2.24) is 5.32 Å². The lowest BCUT2D eigenvalue weighted by Gasteiger charge is -2.22. The molecule has 1 N–H and O–H groups in total. The first kappa shape index (κ1) is 15.1. The third-order valence-electron chi connectivity index (χ3n) is 3.93. The fourth-order valence-corrected chi connectivity index (χ4v) is 3.75. The Morgan fingerprint density at radius 3 is 2.60 bits per heavy atom. The van der Waals surface area contributed by atoms with E-state index in [9.17, 15) is 0 Å². The van der Waals surface area contributed by atoms with Crippen LogP contribution in [0.4, 0.5) is 0 Å². The van der Waals surface area contributed by atoms with Crippen LogP contribution in [-0.4, -0.2) is 14.2 Å². The van der Waals surface area contributed by atoms with Crippen LogP contribution in [0.15, 0.2) is 23.6 Å². The lowest BCUT2D eigenvalue weighted by atomic mass is 9.96. The van der Waals surface area contributed by atoms with Gasteiger partial charge in [0.2, 0.25) is 0 Å². The summed E-state index contributed by atoms with van der Waals surface area (Å²) in [7, 11) is 3.77. The van der Waals surface area contributed by atoms with Crippen LogP contribution in [0.25, 0.3) is 0 Å². The predicted octanol–water partition coefficient (Wildman–Crippen LogP) is 4.24. The van der Waals surface area contributed by atoms with Crippen molar-refractivity contribution in [2.24, 2.45) is 0 Å². The second-order valence-electron chi connectivity index (χ2n) is 5.02. The fourth-order valence-electron chi connectivity index (χ4n) is 2.63. The molecule has 0 bridgehead atoms. The summed E-state index contributed by atoms with van der Waals surface area (Å²) < 4.78 is 5.68. The lowest BCUT2D eigenvalue weighted by molar-refractivity contribution is 0.402. The molecule has 2 rings (SSSR count). The summed E-state index contributed by atoms with van der Waals surface area (Å²) >= 11 is 1.81. The zero-order valence-electron chi connectivity index (χ0n) is 12.9. The Hall–Kier alpha value is -1.32. The Morgan fingerprint density at radius 2 is 2.00 bits per heavy atom. The molecule has 1 atom stereocenters. The Balaban J connectivity index is 2.55. The maximum Gasteiger partial charge on any atom is 0.127 e. The summed E-state index contributed by atoms with van der Waals surface area (Å²) in [5, 5.41) is 5.62. The van der Waals surface area contributed by atoms with Gasteiger partial charge in [0, 0.05) is 10.4 Å². The average molecular weight is 289 g/mol. The van der Waals surface area contributed by atoms with E-state index >= 15 is 0 Å². The summed E-state index contributed by atoms with van der Waals surface area (Å²) in [6.07, 6.45) is 1.06. The molecule has 0 amide bonds. The first-order valence-corrected chi connectivity index (χ1v) is 7.89. The van der Waals surface area contributed by atoms with Gasteiger partial charge < -0.3 is 10.1 Å². The van der Waals surface area contributed by atoms with Crippen LogP contribution in [0.1, 0.15) is 40.1 Å². The van der Waals surface area contributed by atoms with Crippen LogP contribution in [0, 0.1) is 13.8 Å². The molecule has 3 heteroatoms. The number of hydrogen-bond donors (Lipinski definition) is 1. The van der Waals surface area contributed by atoms with Gasteiger partial charge in [-0.2, -0.15) is 0 Å². The minimum absolute atomic E-state index is 0.194. The van der Waals surface area contributed by atoms with E-state index in [2.05, 4.69) is 49.7 Å². The minimum Gasteiger partial charge on any atom is -0.496 e. The monoisotopic (exact) mass is 289 g/mol. The fraction of sp³-hybridized carbons (Fsp3) is 0.412. The van der Waals surface area contributed by atoms with E-state index in [4.69, 9.17) is 4.74 Å². The normalized spacial score (nSPS) is 12.4. The number of aryl methyl sites for hydroxylation is 2. The highest BCUT2D eigenvalue weighted by molar-refractivity contribution is 7.10. The molecule has 1 heterocycles. The van der Waals surface area contributed by atoms with Crippen molar-refractivity contribution >= 4 is 11.3 Å². The van der Waals surface area contributed by atoms with Gasteiger partial charge in [-0.25, -0.2) is 0 Å². The molecule has 0 saturated carbocycles. The van der Waals surface area contributed by atoms with Crippen molar-refractivity contribution in [1.29, 1.82) is 0 Å². The number of ether oxygens (including phenoxy) is 1. The average Bonchev–Trinajstić information content (AvgIpc) is 2.92. The Labute approximate surface area is 125 Å². The highest BCUT2D eigenvalue weighted by Crippen LogP contribution is 2.37. The smallest absolute Gasteiger partial charge is 0.127 e. The van der Waals surface area contributed by atoms with Gasteiger partial charge in [-0.15, -0.1) is 11.3 Å². The maximum atomic E-state index is 5.68. The molecule has 2 nitrogen and oxygen atoms in total. The molecular weight excluding hydrogens is 266 g/mol. The van der Waals surface area contributed by atoms with E-state index in [1.54, 1.807) is 7.11 Å². The SMILES string of the molecule is CCc1ccsc1C(NC)c1ccc(C)c(C)c1OC. The third-order valence-corrected chi connectivity index (χ3v) is 4.96. The third kappa shape index (κ3) is 2.60. The zero-order valence-corrected chi connectivity index (χ0v) is 13.7. The van der Waals surface area contributed by atoms with Crippen molar-refractivity contribution in [3.05, 3.63) is 50.7 Å². The standard InChI is InChI=1S/C17H23NOS/c1-6-13-9-10-20-17(13)15(18-4)14-8-7-11(2)12(3)16(14)19-5/h7-10,15,18H,6H2,1-5H3. The molecule has 0 aliphatic carbocycles. The Kier molecular flexibility index (Phi) is 4.84. The number of thiophene rings is 1. The van der Waals surface area contributed by atoms with Crippen molar-refractivity contribution < 1.29 is 4.74 Å². The first-order valence-electron chi connectivity index (χ1n) is 7.01. The molecule has 0 aliphatic heterocycles. The predicted molar refractivity (Wildman–Crippen MR) is 87.1 cm³/mol. The van der Waals surface area contributed by atoms with Crippen molar-refractivity contribution in [2.75, 3.05) is 14.2 Å². The number of benzene rings is 1. The van der Waals surface area contributed by atoms with E-state index < -0.39 is 0 Å². The van der Waals surface area contributed by atoms with E-state index in [1.807, 2.05) is 18.4 Å². The Bertz CT molecular complexity index is 589. The van der Waals surface area contributed by atoms with E-state index in [-0.39, 0.29) is 6.04 Å². The summed E-state index contributed by atoms with van der Waals surface area (Å²) in [5.74, 6) is 1.000. The minimum atomic E-state index is 0.194. The van der Waals surface area contributed by atoms with Crippen molar-refractivity contribution in [3.8, 4) is 5.75 Å². The largest absolute Gasteiger partial charge is 0.496 e. The quantitative estimate of drug-likeness (QED) is 0.888. The van der Waals surface area contributed by atoms with Crippen LogP contribution < -0.4 is 10.1 Å². The summed E-state index contributed by atoms with van der Waals surface area (Å²) in [6.45, 7) is 6.45. The number of hydrogen-bond acceptors (Lipinski definition) is 3. The topological polar surface area (TPSA) is 21.3 Å². The highest BCUT2D eigenvalue weighted by Gasteiger charge is 2.21. The van der Waals surface area contributed by atoms with Gasteiger partial charge in [0.25, 0.3) is 0 Å². The number of rotatable bonds is 5. The van der Waals surface area contributed by atoms with Crippen LogP contribution in [0.3, 0.4) is 0 Å². The summed E-state index contributed by atoms with van der Waals surface area (Å²) in [6, 6.07) is 6.77. The van der Waals surface area contributed by atoms with Gasteiger partial charge in [-0.05, 0) is 55.5 Å². The van der Waals surface area contributed by atoms with Gasteiger partial charge in [-0.3, -0.25) is 0 Å². The molecule has 1 unspecified atom stereocenters. The molecule has 108 valence electrons. The molecule has 0 radical (unpaired) electrons. The van der Waals surface area contributed by atoms with E-state index in [0.717, 1.165) is 12.2 Å². The van der Waals surface area contributed by atoms with Crippen LogP contribution in [0.2, 0.25) is 0 Å². The molecule has 0 saturated heterocycles. The highest BCUT2D eigenvalue weighted by atomic mass is 32.1. The summed E-state index contributed by atoms with van der Waals surface area (Å²) in [5.41, 5.74) is 5.12. The molecule has 0 aliphatic rings. The van der Waals surface area contributed by atoms with Gasteiger partial charge >= 0.3 is 0 Å². The zero-order chi connectivity index (χ0) is 14.7. The van der Waals surface area contributed by atoms with Gasteiger partial charge in [-0.1, -0.05) is 19.1 Å². The summed E-state index contributed by atoms with van der Waals surface area (Å²) in [4.78, 5) is 1.39. The molecule has 0 spiro atoms. The number of nitrogens with one attached hydrogen (secondary N) is 1. The number of methoxy groups -OCH3 is 1. The molecule has 2 aromatic rings. The van der Waals surface area contributed by atoms with Crippen molar-refractivity contribution in [2.45, 2.75) is 33.2 Å².